The third-order valence-corrected chi connectivity index (χ3v) is 4.33. The summed E-state index contributed by atoms with van der Waals surface area (Å²) in [5.74, 6) is 0.0137. The lowest BCUT2D eigenvalue weighted by Crippen LogP contribution is -2.32. The largest absolute Gasteiger partial charge is 0.472 e. The molecule has 0 aliphatic carbocycles. The first kappa shape index (κ1) is 19.7. The molecule has 0 aliphatic rings. The van der Waals surface area contributed by atoms with Crippen LogP contribution >= 0.6 is 11.6 Å². The predicted octanol–water partition coefficient (Wildman–Crippen LogP) is 3.03. The lowest BCUT2D eigenvalue weighted by Gasteiger charge is -2.23. The number of aliphatic hydroxyl groups excluding tert-OH is 1. The number of carbonyl (C=O) groups excluding carboxylic acids is 1. The third-order valence-electron chi connectivity index (χ3n) is 4.08. The molecule has 1 aromatic heterocycles. The fourth-order valence-electron chi connectivity index (χ4n) is 2.65. The minimum atomic E-state index is -0.438. The fraction of sp³-hybridized carbons (Fsp3) is 0.200. The first-order valence-corrected chi connectivity index (χ1v) is 8.93. The number of para-hydroxylation sites is 1. The number of aliphatic hydroxyl groups is 1. The van der Waals surface area contributed by atoms with Gasteiger partial charge in [0.05, 0.1) is 12.8 Å². The number of anilines is 1. The first-order valence-electron chi connectivity index (χ1n) is 8.55. The molecule has 0 fully saturated rings. The number of hydrogen-bond donors (Lipinski definition) is 1. The molecule has 0 spiro atoms. The number of ether oxygens (including phenoxy) is 2. The monoisotopic (exact) mass is 401 g/mol. The fourth-order valence-corrected chi connectivity index (χ4v) is 2.77. The van der Waals surface area contributed by atoms with Gasteiger partial charge in [0.25, 0.3) is 0 Å². The molecule has 0 bridgehead atoms. The average Bonchev–Trinajstić information content (AvgIpc) is 3.20. The van der Waals surface area contributed by atoms with Crippen molar-refractivity contribution in [1.82, 2.24) is 9.78 Å². The normalized spacial score (nSPS) is 10.5. The summed E-state index contributed by atoms with van der Waals surface area (Å²) in [5, 5.41) is 14.7. The highest BCUT2D eigenvalue weighted by molar-refractivity contribution is 6.30. The maximum Gasteiger partial charge on any atom is 0.325 e. The topological polar surface area (TPSA) is 76.8 Å². The Bertz CT molecular complexity index is 927. The summed E-state index contributed by atoms with van der Waals surface area (Å²) in [6, 6.07) is 16.4. The molecule has 0 saturated heterocycles. The van der Waals surface area contributed by atoms with E-state index < -0.39 is 5.97 Å². The quantitative estimate of drug-likeness (QED) is 0.462. The van der Waals surface area contributed by atoms with Gasteiger partial charge in [0.1, 0.15) is 19.9 Å². The number of halogens is 1. The van der Waals surface area contributed by atoms with Crippen LogP contribution in [0.15, 0.2) is 60.8 Å². The van der Waals surface area contributed by atoms with Crippen molar-refractivity contribution in [3.05, 3.63) is 71.4 Å². The van der Waals surface area contributed by atoms with E-state index in [0.29, 0.717) is 16.6 Å². The molecule has 1 heterocycles. The van der Waals surface area contributed by atoms with Gasteiger partial charge in [0.15, 0.2) is 0 Å². The molecular weight excluding hydrogens is 382 g/mol. The first-order chi connectivity index (χ1) is 13.6. The van der Waals surface area contributed by atoms with Crippen LogP contribution in [0.1, 0.15) is 5.56 Å². The van der Waals surface area contributed by atoms with E-state index in [1.807, 2.05) is 36.4 Å². The van der Waals surface area contributed by atoms with Gasteiger partial charge in [-0.3, -0.25) is 4.79 Å². The van der Waals surface area contributed by atoms with E-state index in [4.69, 9.17) is 16.3 Å². The van der Waals surface area contributed by atoms with Crippen LogP contribution in [0.5, 0.6) is 5.88 Å². The molecule has 0 amide bonds. The van der Waals surface area contributed by atoms with Crippen molar-refractivity contribution in [2.75, 3.05) is 25.3 Å². The van der Waals surface area contributed by atoms with Crippen molar-refractivity contribution < 1.29 is 19.4 Å². The van der Waals surface area contributed by atoms with Crippen LogP contribution in [-0.2, 0) is 16.1 Å². The Kier molecular flexibility index (Phi) is 6.52. The summed E-state index contributed by atoms with van der Waals surface area (Å²) in [6.45, 7) is -0.155. The number of methoxy groups -OCH3 is 1. The van der Waals surface area contributed by atoms with Crippen LogP contribution in [0.2, 0.25) is 5.02 Å². The van der Waals surface area contributed by atoms with Crippen molar-refractivity contribution in [1.29, 1.82) is 0 Å². The molecule has 3 rings (SSSR count). The summed E-state index contributed by atoms with van der Waals surface area (Å²) >= 11 is 5.91. The van der Waals surface area contributed by atoms with Gasteiger partial charge in [-0.2, -0.15) is 0 Å². The molecule has 0 atom stereocenters. The minimum absolute atomic E-state index is 0.0603. The van der Waals surface area contributed by atoms with Gasteiger partial charge < -0.3 is 19.5 Å². The van der Waals surface area contributed by atoms with Crippen molar-refractivity contribution in [2.45, 2.75) is 6.61 Å². The van der Waals surface area contributed by atoms with E-state index in [-0.39, 0.29) is 19.9 Å². The Hall–Kier alpha value is -3.03. The van der Waals surface area contributed by atoms with E-state index in [1.54, 1.807) is 29.1 Å². The molecule has 3 aromatic rings. The number of aromatic nitrogens is 2. The molecule has 7 nitrogen and oxygen atoms in total. The Labute approximate surface area is 167 Å². The number of nitrogens with zero attached hydrogens (tertiary/aromatic N) is 3. The van der Waals surface area contributed by atoms with E-state index in [2.05, 4.69) is 9.84 Å². The van der Waals surface area contributed by atoms with E-state index in [9.17, 15) is 9.90 Å². The van der Waals surface area contributed by atoms with Crippen LogP contribution in [0.25, 0.3) is 5.69 Å². The number of hydrogen-bond acceptors (Lipinski definition) is 6. The molecule has 8 heteroatoms. The number of rotatable bonds is 8. The Morgan fingerprint density at radius 3 is 2.64 bits per heavy atom. The lowest BCUT2D eigenvalue weighted by molar-refractivity contribution is -0.139. The van der Waals surface area contributed by atoms with Crippen LogP contribution in [0, 0.1) is 0 Å². The van der Waals surface area contributed by atoms with Crippen molar-refractivity contribution >= 4 is 23.3 Å². The van der Waals surface area contributed by atoms with Gasteiger partial charge in [-0.15, -0.1) is 5.10 Å². The predicted molar refractivity (Wildman–Crippen MR) is 106 cm³/mol. The zero-order valence-electron chi connectivity index (χ0n) is 15.3. The zero-order valence-corrected chi connectivity index (χ0v) is 16.0. The molecule has 28 heavy (non-hydrogen) atoms. The SMILES string of the molecule is COC(=O)CN(CO)c1ccccc1COc1ccn(-c2ccc(Cl)cc2)n1. The molecule has 0 saturated carbocycles. The maximum absolute atomic E-state index is 11.6. The van der Waals surface area contributed by atoms with Gasteiger partial charge >= 0.3 is 5.97 Å². The van der Waals surface area contributed by atoms with Crippen molar-refractivity contribution in [3.63, 3.8) is 0 Å². The molecule has 0 radical (unpaired) electrons. The Balaban J connectivity index is 1.71. The summed E-state index contributed by atoms with van der Waals surface area (Å²) < 4.78 is 12.2. The summed E-state index contributed by atoms with van der Waals surface area (Å²) in [7, 11) is 1.31. The smallest absolute Gasteiger partial charge is 0.325 e. The number of benzene rings is 2. The van der Waals surface area contributed by atoms with Gasteiger partial charge in [-0.05, 0) is 30.3 Å². The van der Waals surface area contributed by atoms with Gasteiger partial charge in [-0.25, -0.2) is 4.68 Å². The van der Waals surface area contributed by atoms with E-state index in [0.717, 1.165) is 11.3 Å². The highest BCUT2D eigenvalue weighted by Crippen LogP contribution is 2.22. The number of esters is 1. The second kappa shape index (κ2) is 9.25. The highest BCUT2D eigenvalue weighted by Gasteiger charge is 2.15. The van der Waals surface area contributed by atoms with E-state index >= 15 is 0 Å². The van der Waals surface area contributed by atoms with E-state index in [1.165, 1.54) is 12.0 Å². The summed E-state index contributed by atoms with van der Waals surface area (Å²) in [5.41, 5.74) is 2.36. The average molecular weight is 402 g/mol. The molecular formula is C20H20ClN3O4. The molecule has 2 aromatic carbocycles. The van der Waals surface area contributed by atoms with Crippen LogP contribution in [0.3, 0.4) is 0 Å². The standard InChI is InChI=1S/C20H20ClN3O4/c1-27-20(26)12-23(14-25)18-5-3-2-4-15(18)13-28-19-10-11-24(22-19)17-8-6-16(21)7-9-17/h2-11,25H,12-14H2,1H3. The highest BCUT2D eigenvalue weighted by atomic mass is 35.5. The molecule has 0 unspecified atom stereocenters. The summed E-state index contributed by atoms with van der Waals surface area (Å²) in [6.07, 6.45) is 1.79. The van der Waals surface area contributed by atoms with Gasteiger partial charge in [0.2, 0.25) is 5.88 Å². The minimum Gasteiger partial charge on any atom is -0.472 e. The molecule has 0 aliphatic heterocycles. The lowest BCUT2D eigenvalue weighted by atomic mass is 10.1. The van der Waals surface area contributed by atoms with Crippen molar-refractivity contribution in [2.24, 2.45) is 0 Å². The second-order valence-corrected chi connectivity index (χ2v) is 6.34. The van der Waals surface area contributed by atoms with Gasteiger partial charge in [-0.1, -0.05) is 29.8 Å². The van der Waals surface area contributed by atoms with Crippen LogP contribution in [0.4, 0.5) is 5.69 Å². The maximum atomic E-state index is 11.6. The van der Waals surface area contributed by atoms with Gasteiger partial charge in [0, 0.05) is 28.5 Å². The van der Waals surface area contributed by atoms with Crippen LogP contribution in [-0.4, -0.2) is 41.2 Å². The molecule has 1 N–H and O–H groups in total. The number of carbonyl (C=O) groups is 1. The third kappa shape index (κ3) is 4.82. The Morgan fingerprint density at radius 2 is 1.93 bits per heavy atom. The zero-order chi connectivity index (χ0) is 19.9. The van der Waals surface area contributed by atoms with Crippen molar-refractivity contribution in [3.8, 4) is 11.6 Å². The summed E-state index contributed by atoms with van der Waals surface area (Å²) in [4.78, 5) is 13.1. The van der Waals surface area contributed by atoms with Crippen LogP contribution < -0.4 is 9.64 Å². The molecule has 146 valence electrons. The second-order valence-electron chi connectivity index (χ2n) is 5.91. The Morgan fingerprint density at radius 1 is 1.18 bits per heavy atom.